The lowest BCUT2D eigenvalue weighted by molar-refractivity contribution is 0.0992. The maximum Gasteiger partial charge on any atom is 0.178 e. The third-order valence-electron chi connectivity index (χ3n) is 2.18. The van der Waals surface area contributed by atoms with E-state index in [4.69, 9.17) is 0 Å². The highest BCUT2D eigenvalue weighted by Crippen LogP contribution is 2.09. The van der Waals surface area contributed by atoms with E-state index in [1.165, 1.54) is 24.3 Å². The van der Waals surface area contributed by atoms with Crippen molar-refractivity contribution in [3.05, 3.63) is 35.6 Å². The zero-order valence-corrected chi connectivity index (χ0v) is 9.51. The Morgan fingerprint density at radius 2 is 1.93 bits per heavy atom. The molecule has 2 atom stereocenters. The number of halogens is 1. The summed E-state index contributed by atoms with van der Waals surface area (Å²) in [4.78, 5) is 11.7. The molecule has 0 bridgehead atoms. The molecule has 0 heterocycles. The molecule has 15 heavy (non-hydrogen) atoms. The molecule has 0 radical (unpaired) electrons. The standard InChI is InChI=1S/C11H13FO2S/c1-3-15(14)8(2)11(13)9-4-6-10(12)7-5-9/h4-8H,3H2,1-2H3. The molecule has 0 saturated carbocycles. The molecule has 0 spiro atoms. The molecule has 1 aromatic carbocycles. The lowest BCUT2D eigenvalue weighted by Gasteiger charge is -2.08. The van der Waals surface area contributed by atoms with Gasteiger partial charge in [0.25, 0.3) is 0 Å². The van der Waals surface area contributed by atoms with E-state index >= 15 is 0 Å². The molecule has 82 valence electrons. The number of carbonyl (C=O) groups is 1. The summed E-state index contributed by atoms with van der Waals surface area (Å²) in [6, 6.07) is 5.30. The van der Waals surface area contributed by atoms with E-state index < -0.39 is 16.0 Å². The molecule has 0 saturated heterocycles. The van der Waals surface area contributed by atoms with E-state index in [0.717, 1.165) is 0 Å². The van der Waals surface area contributed by atoms with Crippen molar-refractivity contribution in [1.29, 1.82) is 0 Å². The third-order valence-corrected chi connectivity index (χ3v) is 3.75. The summed E-state index contributed by atoms with van der Waals surface area (Å²) in [5.41, 5.74) is 0.408. The molecule has 0 aliphatic heterocycles. The van der Waals surface area contributed by atoms with Crippen molar-refractivity contribution >= 4 is 16.6 Å². The lowest BCUT2D eigenvalue weighted by Crippen LogP contribution is -2.23. The van der Waals surface area contributed by atoms with Gasteiger partial charge in [0.05, 0.1) is 5.25 Å². The number of Topliss-reactive ketones (excluding diaryl/α,β-unsaturated/α-hetero) is 1. The van der Waals surface area contributed by atoms with Gasteiger partial charge in [-0.3, -0.25) is 9.00 Å². The van der Waals surface area contributed by atoms with Crippen molar-refractivity contribution in [2.24, 2.45) is 0 Å². The molecule has 0 aliphatic carbocycles. The van der Waals surface area contributed by atoms with Crippen LogP contribution in [-0.4, -0.2) is 21.0 Å². The normalized spacial score (nSPS) is 14.6. The van der Waals surface area contributed by atoms with Crippen LogP contribution in [-0.2, 0) is 10.8 Å². The first-order valence-corrected chi connectivity index (χ1v) is 6.11. The van der Waals surface area contributed by atoms with Crippen molar-refractivity contribution in [1.82, 2.24) is 0 Å². The van der Waals surface area contributed by atoms with Crippen LogP contribution < -0.4 is 0 Å². The van der Waals surface area contributed by atoms with Crippen LogP contribution in [0, 0.1) is 5.82 Å². The molecular formula is C11H13FO2S. The van der Waals surface area contributed by atoms with E-state index in [1.807, 2.05) is 0 Å². The van der Waals surface area contributed by atoms with Crippen LogP contribution in [0.15, 0.2) is 24.3 Å². The highest BCUT2D eigenvalue weighted by atomic mass is 32.2. The average Bonchev–Trinajstić information content (AvgIpc) is 2.27. The fourth-order valence-corrected chi connectivity index (χ4v) is 2.09. The molecule has 1 rings (SSSR count). The van der Waals surface area contributed by atoms with Crippen molar-refractivity contribution in [2.75, 3.05) is 5.75 Å². The molecule has 2 nitrogen and oxygen atoms in total. The number of carbonyl (C=O) groups excluding carboxylic acids is 1. The number of benzene rings is 1. The van der Waals surface area contributed by atoms with Gasteiger partial charge in [-0.1, -0.05) is 6.92 Å². The summed E-state index contributed by atoms with van der Waals surface area (Å²) in [6.45, 7) is 3.40. The Morgan fingerprint density at radius 1 is 1.40 bits per heavy atom. The van der Waals surface area contributed by atoms with Gasteiger partial charge in [0.15, 0.2) is 5.78 Å². The zero-order chi connectivity index (χ0) is 11.4. The van der Waals surface area contributed by atoms with E-state index in [2.05, 4.69) is 0 Å². The molecular weight excluding hydrogens is 215 g/mol. The smallest absolute Gasteiger partial charge is 0.178 e. The highest BCUT2D eigenvalue weighted by Gasteiger charge is 2.19. The molecule has 0 fully saturated rings. The fraction of sp³-hybridized carbons (Fsp3) is 0.364. The molecule has 0 amide bonds. The van der Waals surface area contributed by atoms with Crippen LogP contribution in [0.5, 0.6) is 0 Å². The largest absolute Gasteiger partial charge is 0.293 e. The van der Waals surface area contributed by atoms with Crippen molar-refractivity contribution in [3.8, 4) is 0 Å². The lowest BCUT2D eigenvalue weighted by atomic mass is 10.1. The Morgan fingerprint density at radius 3 is 2.40 bits per heavy atom. The van der Waals surface area contributed by atoms with Gasteiger partial charge < -0.3 is 0 Å². The molecule has 0 aromatic heterocycles. The molecule has 0 N–H and O–H groups in total. The van der Waals surface area contributed by atoms with Gasteiger partial charge in [0.1, 0.15) is 5.82 Å². The van der Waals surface area contributed by atoms with Crippen molar-refractivity contribution < 1.29 is 13.4 Å². The average molecular weight is 228 g/mol. The maximum absolute atomic E-state index is 12.6. The van der Waals surface area contributed by atoms with Crippen LogP contribution in [0.1, 0.15) is 24.2 Å². The van der Waals surface area contributed by atoms with Crippen LogP contribution >= 0.6 is 0 Å². The first-order valence-electron chi connectivity index (χ1n) is 4.73. The van der Waals surface area contributed by atoms with Crippen molar-refractivity contribution in [2.45, 2.75) is 19.1 Å². The minimum atomic E-state index is -1.15. The molecule has 1 aromatic rings. The monoisotopic (exact) mass is 228 g/mol. The molecule has 4 heteroatoms. The van der Waals surface area contributed by atoms with Gasteiger partial charge in [0.2, 0.25) is 0 Å². The van der Waals surface area contributed by atoms with E-state index in [-0.39, 0.29) is 11.6 Å². The topological polar surface area (TPSA) is 34.1 Å². The fourth-order valence-electron chi connectivity index (χ4n) is 1.22. The van der Waals surface area contributed by atoms with Gasteiger partial charge in [-0.2, -0.15) is 0 Å². The molecule has 0 aliphatic rings. The van der Waals surface area contributed by atoms with Crippen molar-refractivity contribution in [3.63, 3.8) is 0 Å². The minimum absolute atomic E-state index is 0.199. The summed E-state index contributed by atoms with van der Waals surface area (Å²) >= 11 is 0. The first kappa shape index (κ1) is 12.0. The van der Waals surface area contributed by atoms with Gasteiger partial charge in [-0.15, -0.1) is 0 Å². The van der Waals surface area contributed by atoms with Gasteiger partial charge in [-0.05, 0) is 31.2 Å². The Kier molecular flexibility index (Phi) is 4.15. The van der Waals surface area contributed by atoms with Crippen LogP contribution in [0.2, 0.25) is 0 Å². The third kappa shape index (κ3) is 2.96. The van der Waals surface area contributed by atoms with Gasteiger partial charge in [-0.25, -0.2) is 4.39 Å². The van der Waals surface area contributed by atoms with E-state index in [0.29, 0.717) is 11.3 Å². The number of ketones is 1. The number of hydrogen-bond donors (Lipinski definition) is 0. The van der Waals surface area contributed by atoms with Gasteiger partial charge >= 0.3 is 0 Å². The second kappa shape index (κ2) is 5.16. The summed E-state index contributed by atoms with van der Waals surface area (Å²) < 4.78 is 24.0. The molecule has 2 unspecified atom stereocenters. The SMILES string of the molecule is CCS(=O)C(C)C(=O)c1ccc(F)cc1. The minimum Gasteiger partial charge on any atom is -0.293 e. The Bertz CT molecular complexity index is 373. The number of hydrogen-bond acceptors (Lipinski definition) is 2. The quantitative estimate of drug-likeness (QED) is 0.740. The Labute approximate surface area is 91.0 Å². The van der Waals surface area contributed by atoms with Gasteiger partial charge in [0, 0.05) is 22.1 Å². The Balaban J connectivity index is 2.85. The Hall–Kier alpha value is -1.03. The van der Waals surface area contributed by atoms with E-state index in [9.17, 15) is 13.4 Å². The summed E-state index contributed by atoms with van der Waals surface area (Å²) in [5.74, 6) is -0.125. The summed E-state index contributed by atoms with van der Waals surface area (Å²) in [5, 5.41) is -0.527. The van der Waals surface area contributed by atoms with Crippen LogP contribution in [0.4, 0.5) is 4.39 Å². The first-order chi connectivity index (χ1) is 7.06. The summed E-state index contributed by atoms with van der Waals surface area (Å²) in [7, 11) is -1.15. The summed E-state index contributed by atoms with van der Waals surface area (Å²) in [6.07, 6.45) is 0. The second-order valence-corrected chi connectivity index (χ2v) is 5.23. The second-order valence-electron chi connectivity index (χ2n) is 3.18. The highest BCUT2D eigenvalue weighted by molar-refractivity contribution is 7.86. The van der Waals surface area contributed by atoms with Crippen LogP contribution in [0.25, 0.3) is 0 Å². The van der Waals surface area contributed by atoms with Crippen LogP contribution in [0.3, 0.4) is 0 Å². The van der Waals surface area contributed by atoms with E-state index in [1.54, 1.807) is 13.8 Å². The maximum atomic E-state index is 12.6. The number of rotatable bonds is 4. The predicted octanol–water partition coefficient (Wildman–Crippen LogP) is 2.17. The zero-order valence-electron chi connectivity index (χ0n) is 8.70. The predicted molar refractivity (Wildman–Crippen MR) is 58.9 cm³/mol.